The third-order valence-corrected chi connectivity index (χ3v) is 2.28. The molecule has 1 atom stereocenters. The summed E-state index contributed by atoms with van der Waals surface area (Å²) in [5.74, 6) is 0.553. The van der Waals surface area contributed by atoms with Crippen LogP contribution in [0.5, 0.6) is 0 Å². The number of alkyl halides is 3. The molecular weight excluding hydrogens is 191 g/mol. The second kappa shape index (κ2) is 6.27. The van der Waals surface area contributed by atoms with E-state index >= 15 is 0 Å². The summed E-state index contributed by atoms with van der Waals surface area (Å²) in [5.41, 5.74) is 0. The highest BCUT2D eigenvalue weighted by atomic mass is 19.4. The van der Waals surface area contributed by atoms with Gasteiger partial charge in [-0.05, 0) is 32.2 Å². The van der Waals surface area contributed by atoms with Gasteiger partial charge in [-0.15, -0.1) is 0 Å². The average Bonchev–Trinajstić information content (AvgIpc) is 2.02. The molecule has 0 saturated heterocycles. The lowest BCUT2D eigenvalue weighted by Gasteiger charge is -2.17. The van der Waals surface area contributed by atoms with Crippen molar-refractivity contribution in [1.82, 2.24) is 5.32 Å². The largest absolute Gasteiger partial charge is 0.389 e. The van der Waals surface area contributed by atoms with Crippen LogP contribution >= 0.6 is 0 Å². The Morgan fingerprint density at radius 1 is 1.07 bits per heavy atom. The highest BCUT2D eigenvalue weighted by Gasteiger charge is 2.27. The lowest BCUT2D eigenvalue weighted by molar-refractivity contribution is -0.136. The third-order valence-electron chi connectivity index (χ3n) is 2.28. The number of hydrogen-bond donors (Lipinski definition) is 1. The summed E-state index contributed by atoms with van der Waals surface area (Å²) in [5, 5.41) is 2.93. The van der Waals surface area contributed by atoms with Crippen LogP contribution in [-0.2, 0) is 0 Å². The van der Waals surface area contributed by atoms with Gasteiger partial charge in [-0.3, -0.25) is 0 Å². The zero-order valence-corrected chi connectivity index (χ0v) is 9.12. The topological polar surface area (TPSA) is 12.0 Å². The van der Waals surface area contributed by atoms with E-state index in [1.54, 1.807) is 7.05 Å². The first-order chi connectivity index (χ1) is 6.35. The minimum atomic E-state index is -4.02. The molecule has 0 aromatic rings. The molecule has 0 rings (SSSR count). The smallest absolute Gasteiger partial charge is 0.317 e. The summed E-state index contributed by atoms with van der Waals surface area (Å²) in [7, 11) is 1.72. The van der Waals surface area contributed by atoms with Crippen molar-refractivity contribution in [2.75, 3.05) is 7.05 Å². The highest BCUT2D eigenvalue weighted by molar-refractivity contribution is 4.67. The van der Waals surface area contributed by atoms with E-state index in [1.807, 2.05) is 0 Å². The lowest BCUT2D eigenvalue weighted by atomic mass is 10.0. The molecule has 0 aromatic heterocycles. The van der Waals surface area contributed by atoms with E-state index in [2.05, 4.69) is 19.2 Å². The zero-order valence-electron chi connectivity index (χ0n) is 9.12. The Kier molecular flexibility index (Phi) is 6.16. The van der Waals surface area contributed by atoms with Crippen LogP contribution in [0.2, 0.25) is 0 Å². The maximum absolute atomic E-state index is 11.9. The summed E-state index contributed by atoms with van der Waals surface area (Å²) in [4.78, 5) is 0. The summed E-state index contributed by atoms with van der Waals surface area (Å²) in [6.45, 7) is 4.16. The molecule has 0 spiro atoms. The van der Waals surface area contributed by atoms with Crippen molar-refractivity contribution in [1.29, 1.82) is 0 Å². The Balaban J connectivity index is 3.69. The molecule has 1 unspecified atom stereocenters. The van der Waals surface area contributed by atoms with E-state index in [0.717, 1.165) is 12.8 Å². The summed E-state index contributed by atoms with van der Waals surface area (Å²) < 4.78 is 35.8. The van der Waals surface area contributed by atoms with Gasteiger partial charge in [-0.1, -0.05) is 13.8 Å². The first-order valence-electron chi connectivity index (χ1n) is 5.09. The Bertz CT molecular complexity index is 143. The number of rotatable bonds is 6. The second-order valence-corrected chi connectivity index (χ2v) is 4.11. The predicted octanol–water partition coefficient (Wildman–Crippen LogP) is 3.35. The predicted molar refractivity (Wildman–Crippen MR) is 52.2 cm³/mol. The minimum Gasteiger partial charge on any atom is -0.317 e. The van der Waals surface area contributed by atoms with Crippen LogP contribution in [0.4, 0.5) is 13.2 Å². The molecule has 0 bridgehead atoms. The van der Waals surface area contributed by atoms with Crippen molar-refractivity contribution in [2.45, 2.75) is 51.7 Å². The van der Waals surface area contributed by atoms with Crippen molar-refractivity contribution in [3.63, 3.8) is 0 Å². The number of halogens is 3. The normalized spacial score (nSPS) is 14.8. The molecule has 0 radical (unpaired) electrons. The van der Waals surface area contributed by atoms with Gasteiger partial charge in [0, 0.05) is 12.5 Å². The minimum absolute atomic E-state index is 0.000903. The van der Waals surface area contributed by atoms with E-state index in [9.17, 15) is 13.2 Å². The van der Waals surface area contributed by atoms with Crippen LogP contribution < -0.4 is 5.32 Å². The standard InChI is InChI=1S/C10H20F3N/c1-8(2)4-5-9(14-3)6-7-10(11,12)13/h8-9,14H,4-7H2,1-3H3. The summed E-state index contributed by atoms with van der Waals surface area (Å²) in [6.07, 6.45) is -2.72. The van der Waals surface area contributed by atoms with Crippen molar-refractivity contribution in [2.24, 2.45) is 5.92 Å². The van der Waals surface area contributed by atoms with Gasteiger partial charge in [0.05, 0.1) is 0 Å². The quantitative estimate of drug-likeness (QED) is 0.710. The van der Waals surface area contributed by atoms with E-state index < -0.39 is 12.6 Å². The van der Waals surface area contributed by atoms with Gasteiger partial charge in [-0.2, -0.15) is 13.2 Å². The van der Waals surface area contributed by atoms with E-state index in [0.29, 0.717) is 5.92 Å². The Hall–Kier alpha value is -0.250. The maximum Gasteiger partial charge on any atom is 0.389 e. The van der Waals surface area contributed by atoms with E-state index in [4.69, 9.17) is 0 Å². The molecule has 0 aliphatic heterocycles. The molecule has 0 fully saturated rings. The molecule has 0 heterocycles. The molecule has 0 aliphatic rings. The van der Waals surface area contributed by atoms with Crippen LogP contribution in [-0.4, -0.2) is 19.3 Å². The Morgan fingerprint density at radius 2 is 1.64 bits per heavy atom. The van der Waals surface area contributed by atoms with Crippen LogP contribution in [0.15, 0.2) is 0 Å². The molecule has 0 amide bonds. The highest BCUT2D eigenvalue weighted by Crippen LogP contribution is 2.23. The average molecular weight is 211 g/mol. The molecule has 14 heavy (non-hydrogen) atoms. The van der Waals surface area contributed by atoms with Crippen molar-refractivity contribution in [3.05, 3.63) is 0 Å². The van der Waals surface area contributed by atoms with Crippen molar-refractivity contribution >= 4 is 0 Å². The lowest BCUT2D eigenvalue weighted by Crippen LogP contribution is -2.27. The number of nitrogens with one attached hydrogen (secondary N) is 1. The summed E-state index contributed by atoms with van der Waals surface area (Å²) >= 11 is 0. The maximum atomic E-state index is 11.9. The molecule has 0 saturated carbocycles. The van der Waals surface area contributed by atoms with Gasteiger partial charge >= 0.3 is 6.18 Å². The van der Waals surface area contributed by atoms with Crippen molar-refractivity contribution < 1.29 is 13.2 Å². The second-order valence-electron chi connectivity index (χ2n) is 4.11. The first-order valence-corrected chi connectivity index (χ1v) is 5.09. The van der Waals surface area contributed by atoms with Crippen LogP contribution in [0, 0.1) is 5.92 Å². The molecular formula is C10H20F3N. The summed E-state index contributed by atoms with van der Waals surface area (Å²) in [6, 6.07) is -0.000903. The molecule has 1 nitrogen and oxygen atoms in total. The Morgan fingerprint density at radius 3 is 2.00 bits per heavy atom. The van der Waals surface area contributed by atoms with Crippen LogP contribution in [0.25, 0.3) is 0 Å². The molecule has 0 aliphatic carbocycles. The monoisotopic (exact) mass is 211 g/mol. The fraction of sp³-hybridized carbons (Fsp3) is 1.00. The first kappa shape index (κ1) is 13.8. The van der Waals surface area contributed by atoms with Gasteiger partial charge in [0.2, 0.25) is 0 Å². The van der Waals surface area contributed by atoms with E-state index in [1.165, 1.54) is 0 Å². The SMILES string of the molecule is CNC(CCC(C)C)CCC(F)(F)F. The third kappa shape index (κ3) is 8.35. The van der Waals surface area contributed by atoms with Gasteiger partial charge in [0.1, 0.15) is 0 Å². The van der Waals surface area contributed by atoms with Crippen LogP contribution in [0.1, 0.15) is 39.5 Å². The molecule has 1 N–H and O–H groups in total. The zero-order chi connectivity index (χ0) is 11.2. The van der Waals surface area contributed by atoms with Crippen LogP contribution in [0.3, 0.4) is 0 Å². The Labute approximate surface area is 84.1 Å². The molecule has 4 heteroatoms. The molecule has 0 aromatic carbocycles. The fourth-order valence-electron chi connectivity index (χ4n) is 1.31. The molecule has 86 valence electrons. The number of hydrogen-bond acceptors (Lipinski definition) is 1. The fourth-order valence-corrected chi connectivity index (χ4v) is 1.31. The van der Waals surface area contributed by atoms with Gasteiger partial charge in [0.15, 0.2) is 0 Å². The van der Waals surface area contributed by atoms with Gasteiger partial charge in [0.25, 0.3) is 0 Å². The van der Waals surface area contributed by atoms with Gasteiger partial charge in [-0.25, -0.2) is 0 Å². The van der Waals surface area contributed by atoms with Crippen molar-refractivity contribution in [3.8, 4) is 0 Å². The van der Waals surface area contributed by atoms with E-state index in [-0.39, 0.29) is 12.5 Å². The van der Waals surface area contributed by atoms with Gasteiger partial charge < -0.3 is 5.32 Å².